The highest BCUT2D eigenvalue weighted by molar-refractivity contribution is 5.92. The van der Waals surface area contributed by atoms with Gasteiger partial charge in [0.15, 0.2) is 6.10 Å². The minimum Gasteiger partial charge on any atom is -0.479 e. The highest BCUT2D eigenvalue weighted by Gasteiger charge is 2.48. The van der Waals surface area contributed by atoms with Gasteiger partial charge in [-0.2, -0.15) is 0 Å². The van der Waals surface area contributed by atoms with Crippen LogP contribution in [0.3, 0.4) is 0 Å². The number of hydrogen-bond donors (Lipinski definition) is 6. The molecule has 1 aromatic carbocycles. The monoisotopic (exact) mass is 484 g/mol. The van der Waals surface area contributed by atoms with Crippen molar-refractivity contribution in [3.63, 3.8) is 0 Å². The second kappa shape index (κ2) is 12.6. The Kier molecular flexibility index (Phi) is 10.2. The summed E-state index contributed by atoms with van der Waals surface area (Å²) >= 11 is 0. The Hall–Kier alpha value is -2.77. The summed E-state index contributed by atoms with van der Waals surface area (Å²) in [5.41, 5.74) is 0.690. The van der Waals surface area contributed by atoms with E-state index in [2.05, 4.69) is 10.6 Å². The van der Waals surface area contributed by atoms with Crippen molar-refractivity contribution in [3.8, 4) is 5.75 Å². The molecule has 12 nitrogen and oxygen atoms in total. The lowest BCUT2D eigenvalue weighted by Gasteiger charge is -2.38. The number of hydrogen-bond acceptors (Lipinski definition) is 10. The van der Waals surface area contributed by atoms with Crippen LogP contribution in [-0.4, -0.2) is 82.1 Å². The highest BCUT2D eigenvalue weighted by atomic mass is 16.7. The van der Waals surface area contributed by atoms with Crippen molar-refractivity contribution < 1.29 is 49.0 Å². The summed E-state index contributed by atoms with van der Waals surface area (Å²) in [6, 6.07) is 4.47. The van der Waals surface area contributed by atoms with E-state index < -0.39 is 42.6 Å². The zero-order valence-electron chi connectivity index (χ0n) is 19.3. The average Bonchev–Trinajstić information content (AvgIpc) is 2.78. The van der Waals surface area contributed by atoms with E-state index in [1.165, 1.54) is 12.1 Å². The molecule has 0 spiro atoms. The molecule has 190 valence electrons. The molecule has 1 aliphatic rings. The molecule has 1 heterocycles. The fraction of sp³-hybridized carbons (Fsp3) is 0.591. The zero-order valence-corrected chi connectivity index (χ0v) is 19.3. The number of carboxylic acid groups (broad SMARTS) is 1. The molecule has 0 aliphatic carbocycles. The number of carboxylic acids is 1. The first-order valence-electron chi connectivity index (χ1n) is 10.9. The van der Waals surface area contributed by atoms with Gasteiger partial charge in [0.25, 0.3) is 0 Å². The van der Waals surface area contributed by atoms with Crippen LogP contribution in [0.25, 0.3) is 0 Å². The maximum Gasteiger partial charge on any atom is 0.335 e. The number of benzene rings is 1. The number of aliphatic hydroxyl groups excluding tert-OH is 3. The van der Waals surface area contributed by atoms with Gasteiger partial charge in [-0.05, 0) is 24.2 Å². The topological polar surface area (TPSA) is 184 Å². The Bertz CT molecular complexity index is 862. The molecule has 0 aromatic heterocycles. The minimum absolute atomic E-state index is 0.00696. The van der Waals surface area contributed by atoms with E-state index in [9.17, 15) is 34.8 Å². The fourth-order valence-electron chi connectivity index (χ4n) is 3.05. The maximum absolute atomic E-state index is 12.4. The standard InChI is InChI=1S/C22H32N2O10/c1-4-23-8-7-15(25)24-13-9-12(10-32-21(31)11(2)3)5-6-14(13)33-22-18(28)16(26)17(27)19(34-22)20(29)30/h5-6,9,11,16-19,22-23,26-28H,4,7-8,10H2,1-3H3,(H,24,25)(H,29,30)/t16-,17-,18+,19-,22+/m0/s1. The Morgan fingerprint density at radius 2 is 1.82 bits per heavy atom. The summed E-state index contributed by atoms with van der Waals surface area (Å²) in [5, 5.41) is 45.0. The van der Waals surface area contributed by atoms with Gasteiger partial charge in [-0.25, -0.2) is 4.79 Å². The van der Waals surface area contributed by atoms with Crippen molar-refractivity contribution in [2.24, 2.45) is 5.92 Å². The predicted octanol–water partition coefficient (Wildman–Crippen LogP) is -0.405. The number of esters is 1. The molecule has 0 saturated carbocycles. The van der Waals surface area contributed by atoms with Crippen LogP contribution in [-0.2, 0) is 30.5 Å². The fourth-order valence-corrected chi connectivity index (χ4v) is 3.05. The van der Waals surface area contributed by atoms with Gasteiger partial charge in [0.05, 0.1) is 11.6 Å². The van der Waals surface area contributed by atoms with Gasteiger partial charge in [0.2, 0.25) is 12.2 Å². The first kappa shape index (κ1) is 27.5. The molecule has 5 atom stereocenters. The number of carbonyl (C=O) groups is 3. The summed E-state index contributed by atoms with van der Waals surface area (Å²) in [7, 11) is 0. The molecule has 1 saturated heterocycles. The normalized spacial score (nSPS) is 24.5. The van der Waals surface area contributed by atoms with Crippen LogP contribution in [0.5, 0.6) is 5.75 Å². The Morgan fingerprint density at radius 1 is 1.12 bits per heavy atom. The van der Waals surface area contributed by atoms with Crippen LogP contribution in [0.1, 0.15) is 32.8 Å². The van der Waals surface area contributed by atoms with Crippen LogP contribution in [0.2, 0.25) is 0 Å². The first-order valence-corrected chi connectivity index (χ1v) is 10.9. The third kappa shape index (κ3) is 7.37. The number of nitrogens with one attached hydrogen (secondary N) is 2. The van der Waals surface area contributed by atoms with Crippen LogP contribution >= 0.6 is 0 Å². The largest absolute Gasteiger partial charge is 0.479 e. The quantitative estimate of drug-likeness (QED) is 0.177. The number of rotatable bonds is 11. The number of carbonyl (C=O) groups excluding carboxylic acids is 2. The second-order valence-electron chi connectivity index (χ2n) is 8.10. The maximum atomic E-state index is 12.4. The van der Waals surface area contributed by atoms with Gasteiger partial charge in [0, 0.05) is 13.0 Å². The molecule has 1 fully saturated rings. The highest BCUT2D eigenvalue weighted by Crippen LogP contribution is 2.31. The summed E-state index contributed by atoms with van der Waals surface area (Å²) < 4.78 is 16.0. The van der Waals surface area contributed by atoms with E-state index in [4.69, 9.17) is 14.2 Å². The SMILES string of the molecule is CCNCCC(=O)Nc1cc(COC(=O)C(C)C)ccc1O[C@@H]1O[C@H](C(=O)O)[C@@H](O)[C@H](O)[C@H]1O. The van der Waals surface area contributed by atoms with E-state index in [1.54, 1.807) is 19.9 Å². The number of aliphatic carboxylic acids is 1. The number of aliphatic hydroxyl groups is 3. The summed E-state index contributed by atoms with van der Waals surface area (Å²) in [6.45, 7) is 6.34. The van der Waals surface area contributed by atoms with Crippen LogP contribution in [0, 0.1) is 5.92 Å². The summed E-state index contributed by atoms with van der Waals surface area (Å²) in [6.07, 6.45) is -8.82. The van der Waals surface area contributed by atoms with Crippen molar-refractivity contribution >= 4 is 23.5 Å². The van der Waals surface area contributed by atoms with Gasteiger partial charge >= 0.3 is 11.9 Å². The van der Waals surface area contributed by atoms with Crippen molar-refractivity contribution in [2.45, 2.75) is 64.5 Å². The number of amides is 1. The summed E-state index contributed by atoms with van der Waals surface area (Å²) in [5.74, 6) is -2.62. The molecule has 34 heavy (non-hydrogen) atoms. The molecule has 1 aliphatic heterocycles. The molecule has 0 unspecified atom stereocenters. The molecule has 0 radical (unpaired) electrons. The van der Waals surface area contributed by atoms with E-state index in [0.29, 0.717) is 18.7 Å². The Morgan fingerprint density at radius 3 is 2.44 bits per heavy atom. The van der Waals surface area contributed by atoms with Crippen molar-refractivity contribution in [1.29, 1.82) is 0 Å². The number of ether oxygens (including phenoxy) is 3. The van der Waals surface area contributed by atoms with E-state index in [-0.39, 0.29) is 36.3 Å². The van der Waals surface area contributed by atoms with Crippen molar-refractivity contribution in [2.75, 3.05) is 18.4 Å². The van der Waals surface area contributed by atoms with Gasteiger partial charge in [-0.1, -0.05) is 26.8 Å². The molecule has 1 aromatic rings. The van der Waals surface area contributed by atoms with Crippen molar-refractivity contribution in [3.05, 3.63) is 23.8 Å². The molecule has 2 rings (SSSR count). The van der Waals surface area contributed by atoms with Crippen LogP contribution in [0.4, 0.5) is 5.69 Å². The molecular formula is C22H32N2O10. The third-order valence-electron chi connectivity index (χ3n) is 5.01. The van der Waals surface area contributed by atoms with Gasteiger partial charge in [0.1, 0.15) is 30.7 Å². The molecule has 12 heteroatoms. The lowest BCUT2D eigenvalue weighted by molar-refractivity contribution is -0.271. The van der Waals surface area contributed by atoms with Crippen LogP contribution in [0.15, 0.2) is 18.2 Å². The smallest absolute Gasteiger partial charge is 0.335 e. The second-order valence-corrected chi connectivity index (χ2v) is 8.10. The van der Waals surface area contributed by atoms with Gasteiger partial charge in [-0.3, -0.25) is 9.59 Å². The zero-order chi connectivity index (χ0) is 25.4. The Labute approximate surface area is 196 Å². The predicted molar refractivity (Wildman–Crippen MR) is 118 cm³/mol. The molecular weight excluding hydrogens is 452 g/mol. The molecule has 6 N–H and O–H groups in total. The van der Waals surface area contributed by atoms with Gasteiger partial charge in [-0.15, -0.1) is 0 Å². The lowest BCUT2D eigenvalue weighted by atomic mass is 9.99. The third-order valence-corrected chi connectivity index (χ3v) is 5.01. The van der Waals surface area contributed by atoms with E-state index in [0.717, 1.165) is 0 Å². The van der Waals surface area contributed by atoms with Crippen LogP contribution < -0.4 is 15.4 Å². The Balaban J connectivity index is 2.25. The summed E-state index contributed by atoms with van der Waals surface area (Å²) in [4.78, 5) is 35.5. The first-order chi connectivity index (χ1) is 16.0. The van der Waals surface area contributed by atoms with E-state index >= 15 is 0 Å². The lowest BCUT2D eigenvalue weighted by Crippen LogP contribution is -2.61. The minimum atomic E-state index is -1.87. The van der Waals surface area contributed by atoms with Gasteiger partial charge < -0.3 is 45.3 Å². The molecule has 1 amide bonds. The number of anilines is 1. The van der Waals surface area contributed by atoms with E-state index in [1.807, 2.05) is 6.92 Å². The average molecular weight is 485 g/mol. The van der Waals surface area contributed by atoms with Crippen molar-refractivity contribution in [1.82, 2.24) is 5.32 Å². The molecule has 0 bridgehead atoms.